The van der Waals surface area contributed by atoms with Gasteiger partial charge in [0.2, 0.25) is 0 Å². The van der Waals surface area contributed by atoms with Crippen LogP contribution in [-0.2, 0) is 4.79 Å². The van der Waals surface area contributed by atoms with Gasteiger partial charge in [-0.25, -0.2) is 0 Å². The zero-order chi connectivity index (χ0) is 13.5. The summed E-state index contributed by atoms with van der Waals surface area (Å²) < 4.78 is 0. The number of carboxylic acid groups (broad SMARTS) is 1. The minimum Gasteiger partial charge on any atom is -0.480 e. The third-order valence-electron chi connectivity index (χ3n) is 4.02. The minimum atomic E-state index is -0.702. The summed E-state index contributed by atoms with van der Waals surface area (Å²) in [5.41, 5.74) is 0. The molecule has 1 N–H and O–H groups in total. The Hall–Kier alpha value is -0.610. The molecule has 1 fully saturated rings. The van der Waals surface area contributed by atoms with Crippen LogP contribution in [0.5, 0.6) is 0 Å². The van der Waals surface area contributed by atoms with Gasteiger partial charge < -0.3 is 10.0 Å². The van der Waals surface area contributed by atoms with Gasteiger partial charge in [0, 0.05) is 19.1 Å². The highest BCUT2D eigenvalue weighted by Crippen LogP contribution is 2.29. The lowest BCUT2D eigenvalue weighted by Crippen LogP contribution is -2.44. The van der Waals surface area contributed by atoms with Gasteiger partial charge in [-0.2, -0.15) is 0 Å². The molecule has 4 heteroatoms. The first-order chi connectivity index (χ1) is 8.52. The maximum absolute atomic E-state index is 11.0. The summed E-state index contributed by atoms with van der Waals surface area (Å²) in [7, 11) is 4.07. The van der Waals surface area contributed by atoms with Crippen molar-refractivity contribution in [3.8, 4) is 0 Å². The summed E-state index contributed by atoms with van der Waals surface area (Å²) in [5, 5.41) is 9.05. The van der Waals surface area contributed by atoms with Gasteiger partial charge in [-0.1, -0.05) is 26.2 Å². The summed E-state index contributed by atoms with van der Waals surface area (Å²) in [6.45, 7) is 4.23. The van der Waals surface area contributed by atoms with Crippen LogP contribution in [0.2, 0.25) is 0 Å². The molecule has 1 aliphatic carbocycles. The highest BCUT2D eigenvalue weighted by atomic mass is 16.4. The van der Waals surface area contributed by atoms with Crippen molar-refractivity contribution in [1.29, 1.82) is 0 Å². The van der Waals surface area contributed by atoms with E-state index in [0.29, 0.717) is 6.04 Å². The van der Waals surface area contributed by atoms with E-state index in [-0.39, 0.29) is 6.54 Å². The number of carbonyl (C=O) groups is 1. The molecule has 0 aromatic rings. The molecule has 1 saturated carbocycles. The largest absolute Gasteiger partial charge is 0.480 e. The SMILES string of the molecule is CCC1CCCC(N(CCN(C)C)CC(=O)O)C1. The van der Waals surface area contributed by atoms with Crippen molar-refractivity contribution in [2.75, 3.05) is 33.7 Å². The Kier molecular flexibility index (Phi) is 6.65. The molecule has 0 aromatic heterocycles. The lowest BCUT2D eigenvalue weighted by atomic mass is 9.83. The van der Waals surface area contributed by atoms with Crippen molar-refractivity contribution in [2.24, 2.45) is 5.92 Å². The van der Waals surface area contributed by atoms with E-state index in [2.05, 4.69) is 16.7 Å². The summed E-state index contributed by atoms with van der Waals surface area (Å²) in [4.78, 5) is 15.3. The molecule has 0 aliphatic heterocycles. The van der Waals surface area contributed by atoms with E-state index in [1.54, 1.807) is 0 Å². The molecule has 0 heterocycles. The number of likely N-dealkylation sites (N-methyl/N-ethyl adjacent to an activating group) is 1. The van der Waals surface area contributed by atoms with E-state index in [1.165, 1.54) is 25.7 Å². The molecule has 106 valence electrons. The molecule has 0 bridgehead atoms. The number of hydrogen-bond acceptors (Lipinski definition) is 3. The number of carboxylic acids is 1. The van der Waals surface area contributed by atoms with E-state index < -0.39 is 5.97 Å². The molecular formula is C14H28N2O2. The molecule has 0 spiro atoms. The van der Waals surface area contributed by atoms with Crippen LogP contribution in [0.1, 0.15) is 39.0 Å². The summed E-state index contributed by atoms with van der Waals surface area (Å²) in [6, 6.07) is 0.472. The number of hydrogen-bond donors (Lipinski definition) is 1. The molecule has 0 radical (unpaired) electrons. The first-order valence-corrected chi connectivity index (χ1v) is 7.13. The van der Waals surface area contributed by atoms with Crippen LogP contribution >= 0.6 is 0 Å². The van der Waals surface area contributed by atoms with Crippen molar-refractivity contribution < 1.29 is 9.90 Å². The van der Waals surface area contributed by atoms with Gasteiger partial charge in [0.05, 0.1) is 6.54 Å². The summed E-state index contributed by atoms with van der Waals surface area (Å²) >= 11 is 0. The van der Waals surface area contributed by atoms with Crippen LogP contribution in [0.4, 0.5) is 0 Å². The summed E-state index contributed by atoms with van der Waals surface area (Å²) in [6.07, 6.45) is 6.14. The molecule has 0 saturated heterocycles. The molecule has 0 amide bonds. The Morgan fingerprint density at radius 2 is 2.00 bits per heavy atom. The maximum atomic E-state index is 11.0. The number of nitrogens with zero attached hydrogens (tertiary/aromatic N) is 2. The van der Waals surface area contributed by atoms with Crippen LogP contribution in [0.15, 0.2) is 0 Å². The van der Waals surface area contributed by atoms with Gasteiger partial charge in [-0.3, -0.25) is 9.69 Å². The summed E-state index contributed by atoms with van der Waals surface area (Å²) in [5.74, 6) is 0.0896. The second-order valence-electron chi connectivity index (χ2n) is 5.76. The second-order valence-corrected chi connectivity index (χ2v) is 5.76. The van der Waals surface area contributed by atoms with Crippen molar-refractivity contribution >= 4 is 5.97 Å². The molecule has 4 nitrogen and oxygen atoms in total. The predicted octanol–water partition coefficient (Wildman–Crippen LogP) is 1.90. The molecule has 0 aromatic carbocycles. The Morgan fingerprint density at radius 3 is 2.56 bits per heavy atom. The van der Waals surface area contributed by atoms with Gasteiger partial charge in [-0.05, 0) is 32.9 Å². The Bertz CT molecular complexity index is 256. The molecule has 2 unspecified atom stereocenters. The normalized spacial score (nSPS) is 24.7. The minimum absolute atomic E-state index is 0.189. The predicted molar refractivity (Wildman–Crippen MR) is 73.8 cm³/mol. The molecule has 1 aliphatic rings. The highest BCUT2D eigenvalue weighted by molar-refractivity contribution is 5.69. The lowest BCUT2D eigenvalue weighted by Gasteiger charge is -2.37. The smallest absolute Gasteiger partial charge is 0.317 e. The zero-order valence-corrected chi connectivity index (χ0v) is 12.1. The Balaban J connectivity index is 2.54. The fraction of sp³-hybridized carbons (Fsp3) is 0.929. The third-order valence-corrected chi connectivity index (χ3v) is 4.02. The van der Waals surface area contributed by atoms with Crippen LogP contribution < -0.4 is 0 Å². The van der Waals surface area contributed by atoms with Crippen LogP contribution in [-0.4, -0.2) is 60.6 Å². The van der Waals surface area contributed by atoms with Crippen molar-refractivity contribution in [3.05, 3.63) is 0 Å². The van der Waals surface area contributed by atoms with Crippen LogP contribution in [0.3, 0.4) is 0 Å². The number of aliphatic carboxylic acids is 1. The van der Waals surface area contributed by atoms with Crippen LogP contribution in [0, 0.1) is 5.92 Å². The zero-order valence-electron chi connectivity index (χ0n) is 12.1. The Labute approximate surface area is 111 Å². The molecule has 2 atom stereocenters. The quantitative estimate of drug-likeness (QED) is 0.755. The van der Waals surface area contributed by atoms with Crippen molar-refractivity contribution in [1.82, 2.24) is 9.80 Å². The maximum Gasteiger partial charge on any atom is 0.317 e. The Morgan fingerprint density at radius 1 is 1.28 bits per heavy atom. The lowest BCUT2D eigenvalue weighted by molar-refractivity contribution is -0.139. The average molecular weight is 256 g/mol. The van der Waals surface area contributed by atoms with E-state index in [0.717, 1.165) is 25.4 Å². The second kappa shape index (κ2) is 7.74. The van der Waals surface area contributed by atoms with Gasteiger partial charge in [0.1, 0.15) is 0 Å². The standard InChI is InChI=1S/C14H28N2O2/c1-4-12-6-5-7-13(10-12)16(11-14(17)18)9-8-15(2)3/h12-13H,4-11H2,1-3H3,(H,17,18). The van der Waals surface area contributed by atoms with E-state index in [1.807, 2.05) is 14.1 Å². The third kappa shape index (κ3) is 5.36. The highest BCUT2D eigenvalue weighted by Gasteiger charge is 2.26. The van der Waals surface area contributed by atoms with Gasteiger partial charge in [0.15, 0.2) is 0 Å². The molecule has 1 rings (SSSR count). The first-order valence-electron chi connectivity index (χ1n) is 7.13. The number of rotatable bonds is 7. The van der Waals surface area contributed by atoms with Crippen LogP contribution in [0.25, 0.3) is 0 Å². The topological polar surface area (TPSA) is 43.8 Å². The first kappa shape index (κ1) is 15.4. The van der Waals surface area contributed by atoms with Gasteiger partial charge >= 0.3 is 5.97 Å². The van der Waals surface area contributed by atoms with Gasteiger partial charge in [0.25, 0.3) is 0 Å². The van der Waals surface area contributed by atoms with Gasteiger partial charge in [-0.15, -0.1) is 0 Å². The monoisotopic (exact) mass is 256 g/mol. The van der Waals surface area contributed by atoms with Crippen molar-refractivity contribution in [2.45, 2.75) is 45.1 Å². The van der Waals surface area contributed by atoms with E-state index >= 15 is 0 Å². The molecule has 18 heavy (non-hydrogen) atoms. The van der Waals surface area contributed by atoms with E-state index in [4.69, 9.17) is 5.11 Å². The fourth-order valence-electron chi connectivity index (χ4n) is 2.86. The fourth-order valence-corrected chi connectivity index (χ4v) is 2.86. The van der Waals surface area contributed by atoms with E-state index in [9.17, 15) is 4.79 Å². The average Bonchev–Trinajstić information content (AvgIpc) is 2.34. The van der Waals surface area contributed by atoms with Crippen molar-refractivity contribution in [3.63, 3.8) is 0 Å². The molecular weight excluding hydrogens is 228 g/mol.